The van der Waals surface area contributed by atoms with Crippen LogP contribution in [-0.2, 0) is 51.2 Å². The first kappa shape index (κ1) is 50.9. The number of aromatic nitrogens is 3. The molecule has 0 saturated heterocycles. The zero-order valence-electron chi connectivity index (χ0n) is 38.6. The van der Waals surface area contributed by atoms with Crippen LogP contribution in [0.2, 0.25) is 0 Å². The lowest BCUT2D eigenvalue weighted by Crippen LogP contribution is -2.35. The van der Waals surface area contributed by atoms with Crippen LogP contribution in [0, 0.1) is 10.8 Å². The highest BCUT2D eigenvalue weighted by Crippen LogP contribution is 2.41. The van der Waals surface area contributed by atoms with Crippen LogP contribution in [0.3, 0.4) is 0 Å². The maximum absolute atomic E-state index is 14.0. The highest BCUT2D eigenvalue weighted by molar-refractivity contribution is 6.00. The Morgan fingerprint density at radius 2 is 1.46 bits per heavy atom. The first-order valence-electron chi connectivity index (χ1n) is 22.3. The highest BCUT2D eigenvalue weighted by atomic mass is 16.5. The van der Waals surface area contributed by atoms with Crippen LogP contribution in [0.5, 0.6) is 0 Å². The number of Topliss-reactive ketones (excluding diaryl/α,β-unsaturated/α-hetero) is 1. The van der Waals surface area contributed by atoms with E-state index < -0.39 is 6.09 Å². The van der Waals surface area contributed by atoms with Crippen LogP contribution in [0.4, 0.5) is 10.5 Å². The Kier molecular flexibility index (Phi) is 21.1. The second kappa shape index (κ2) is 26.1. The quantitative estimate of drug-likeness (QED) is 0.0697. The largest absolute Gasteiger partial charge is 0.448 e. The number of hydrogen-bond acceptors (Lipinski definition) is 12. The maximum Gasteiger partial charge on any atom is 0.407 e. The SMILES string of the molecule is CCCC(=O)C(CCCCNC(=O)OCCn1nnc2c1-c1ccccc1N(C(=O)CCNC(=O)CCOCC(C)(C)COCC(C)(C)COCCOC)Cc1ccccc1-2)NC. The Bertz CT molecular complexity index is 1900. The third-order valence-corrected chi connectivity index (χ3v) is 10.6. The van der Waals surface area contributed by atoms with Gasteiger partial charge >= 0.3 is 6.09 Å². The molecule has 2 aromatic carbocycles. The number of ether oxygens (including phenoxy) is 5. The summed E-state index contributed by atoms with van der Waals surface area (Å²) in [5, 5.41) is 17.8. The van der Waals surface area contributed by atoms with E-state index in [9.17, 15) is 19.2 Å². The second-order valence-electron chi connectivity index (χ2n) is 17.5. The summed E-state index contributed by atoms with van der Waals surface area (Å²) in [7, 11) is 3.45. The number of alkyl carbamates (subject to hydrolysis) is 1. The number of carbonyl (C=O) groups excluding carboxylic acids is 4. The minimum Gasteiger partial charge on any atom is -0.448 e. The second-order valence-corrected chi connectivity index (χ2v) is 17.5. The van der Waals surface area contributed by atoms with Crippen molar-refractivity contribution in [3.05, 3.63) is 54.1 Å². The van der Waals surface area contributed by atoms with Crippen LogP contribution < -0.4 is 20.9 Å². The average Bonchev–Trinajstić information content (AvgIpc) is 3.66. The van der Waals surface area contributed by atoms with Gasteiger partial charge < -0.3 is 44.5 Å². The molecule has 1 unspecified atom stereocenters. The Balaban J connectivity index is 1.27. The molecule has 348 valence electrons. The molecule has 1 aromatic heterocycles. The Labute approximate surface area is 373 Å². The topological polar surface area (TPSA) is 184 Å². The van der Waals surface area contributed by atoms with Crippen molar-refractivity contribution < 1.29 is 42.9 Å². The Morgan fingerprint density at radius 3 is 2.17 bits per heavy atom. The lowest BCUT2D eigenvalue weighted by atomic mass is 9.94. The first-order chi connectivity index (χ1) is 30.3. The minimum absolute atomic E-state index is 0.0450. The van der Waals surface area contributed by atoms with Crippen LogP contribution in [0.1, 0.15) is 85.1 Å². The van der Waals surface area contributed by atoms with Crippen molar-refractivity contribution in [1.29, 1.82) is 0 Å². The van der Waals surface area contributed by atoms with Crippen molar-refractivity contribution in [3.8, 4) is 22.5 Å². The minimum atomic E-state index is -0.534. The van der Waals surface area contributed by atoms with Crippen LogP contribution in [0.25, 0.3) is 22.5 Å². The molecule has 1 atom stereocenters. The fourth-order valence-electron chi connectivity index (χ4n) is 7.24. The predicted octanol–water partition coefficient (Wildman–Crippen LogP) is 5.96. The number of nitrogens with one attached hydrogen (secondary N) is 3. The molecule has 1 aliphatic heterocycles. The number of anilines is 1. The Morgan fingerprint density at radius 1 is 0.778 bits per heavy atom. The molecule has 3 N–H and O–H groups in total. The number of nitrogens with zero attached hydrogens (tertiary/aromatic N) is 4. The first-order valence-corrected chi connectivity index (χ1v) is 22.3. The van der Waals surface area contributed by atoms with Crippen molar-refractivity contribution >= 4 is 29.4 Å². The fourth-order valence-corrected chi connectivity index (χ4v) is 7.24. The molecule has 0 aliphatic carbocycles. The zero-order chi connectivity index (χ0) is 45.7. The van der Waals surface area contributed by atoms with E-state index in [0.29, 0.717) is 82.6 Å². The van der Waals surface area contributed by atoms with E-state index in [2.05, 4.69) is 54.0 Å². The molecule has 0 radical (unpaired) electrons. The van der Waals surface area contributed by atoms with Crippen molar-refractivity contribution in [3.63, 3.8) is 0 Å². The molecular weight excluding hydrogens is 807 g/mol. The van der Waals surface area contributed by atoms with Crippen molar-refractivity contribution in [1.82, 2.24) is 30.9 Å². The monoisotopic (exact) mass is 878 g/mol. The number of fused-ring (bicyclic) bond motifs is 5. The lowest BCUT2D eigenvalue weighted by Gasteiger charge is -2.29. The standard InChI is InChI=1S/C47H71N7O9/c1-8-15-40(55)38(48-6)19-13-14-23-50-45(58)63-27-25-54-44-37-18-11-12-20-39(37)53(30-35-16-9-10-17-36(35)43(44)51-52-54)42(57)21-24-49-41(56)22-26-60-31-46(2,3)33-62-34-47(4,5)32-61-29-28-59-7/h9-12,16-18,20,38,48H,8,13-15,19,21-34H2,1-7H3,(H,49,56)(H,50,58). The number of likely N-dealkylation sites (N-methyl/N-ethyl adjacent to an activating group) is 1. The van der Waals surface area contributed by atoms with Gasteiger partial charge in [-0.1, -0.05) is 82.3 Å². The van der Waals surface area contributed by atoms with E-state index in [1.54, 1.807) is 23.7 Å². The van der Waals surface area contributed by atoms with E-state index >= 15 is 0 Å². The number of carbonyl (C=O) groups is 4. The maximum atomic E-state index is 14.0. The van der Waals surface area contributed by atoms with Crippen molar-refractivity contribution in [2.75, 3.05) is 85.0 Å². The number of para-hydroxylation sites is 1. The summed E-state index contributed by atoms with van der Waals surface area (Å²) < 4.78 is 29.8. The van der Waals surface area contributed by atoms with Gasteiger partial charge in [0.2, 0.25) is 11.8 Å². The summed E-state index contributed by atoms with van der Waals surface area (Å²) in [6.07, 6.45) is 3.33. The van der Waals surface area contributed by atoms with Gasteiger partial charge in [-0.15, -0.1) is 5.10 Å². The van der Waals surface area contributed by atoms with E-state index in [1.165, 1.54) is 0 Å². The molecule has 3 aromatic rings. The molecule has 4 rings (SSSR count). The fraction of sp³-hybridized carbons (Fsp3) is 0.617. The van der Waals surface area contributed by atoms with E-state index in [0.717, 1.165) is 36.0 Å². The molecule has 0 bridgehead atoms. The molecule has 16 nitrogen and oxygen atoms in total. The molecule has 63 heavy (non-hydrogen) atoms. The number of methoxy groups -OCH3 is 1. The van der Waals surface area contributed by atoms with Crippen LogP contribution >= 0.6 is 0 Å². The number of benzene rings is 2. The molecule has 2 heterocycles. The summed E-state index contributed by atoms with van der Waals surface area (Å²) in [5.74, 6) is -0.135. The van der Waals surface area contributed by atoms with Crippen LogP contribution in [-0.4, -0.2) is 125 Å². The van der Waals surface area contributed by atoms with Crippen LogP contribution in [0.15, 0.2) is 48.5 Å². The summed E-state index contributed by atoms with van der Waals surface area (Å²) in [5.41, 5.74) is 4.17. The van der Waals surface area contributed by atoms with E-state index in [1.807, 2.05) is 55.5 Å². The third kappa shape index (κ3) is 16.7. The molecule has 0 saturated carbocycles. The van der Waals surface area contributed by atoms with Gasteiger partial charge in [-0.05, 0) is 44.4 Å². The van der Waals surface area contributed by atoms with Gasteiger partial charge in [0.1, 0.15) is 18.1 Å². The smallest absolute Gasteiger partial charge is 0.407 e. The number of ketones is 1. The predicted molar refractivity (Wildman–Crippen MR) is 242 cm³/mol. The van der Waals surface area contributed by atoms with Gasteiger partial charge in [0.15, 0.2) is 0 Å². The Hall–Kier alpha value is -4.74. The summed E-state index contributed by atoms with van der Waals surface area (Å²) in [6.45, 7) is 14.9. The zero-order valence-corrected chi connectivity index (χ0v) is 38.6. The molecule has 1 aliphatic rings. The van der Waals surface area contributed by atoms with Gasteiger partial charge in [0, 0.05) is 61.4 Å². The van der Waals surface area contributed by atoms with E-state index in [-0.39, 0.29) is 73.6 Å². The highest BCUT2D eigenvalue weighted by Gasteiger charge is 2.29. The van der Waals surface area contributed by atoms with Crippen molar-refractivity contribution in [2.24, 2.45) is 10.8 Å². The van der Waals surface area contributed by atoms with Gasteiger partial charge in [-0.25, -0.2) is 9.48 Å². The van der Waals surface area contributed by atoms with Gasteiger partial charge in [0.05, 0.1) is 76.8 Å². The average molecular weight is 878 g/mol. The lowest BCUT2D eigenvalue weighted by molar-refractivity contribution is -0.123. The normalized spacial score (nSPS) is 13.0. The van der Waals surface area contributed by atoms with E-state index in [4.69, 9.17) is 23.7 Å². The summed E-state index contributed by atoms with van der Waals surface area (Å²) in [6, 6.07) is 15.2. The number of amides is 3. The number of hydrogen-bond donors (Lipinski definition) is 3. The summed E-state index contributed by atoms with van der Waals surface area (Å²) >= 11 is 0. The number of rotatable bonds is 29. The van der Waals surface area contributed by atoms with Gasteiger partial charge in [0.25, 0.3) is 0 Å². The van der Waals surface area contributed by atoms with Crippen molar-refractivity contribution in [2.45, 2.75) is 98.7 Å². The molecule has 0 spiro atoms. The molecule has 3 amide bonds. The number of unbranched alkanes of at least 4 members (excludes halogenated alkanes) is 1. The summed E-state index contributed by atoms with van der Waals surface area (Å²) in [4.78, 5) is 53.4. The molecule has 16 heteroatoms. The molecular formula is C47H71N7O9. The third-order valence-electron chi connectivity index (χ3n) is 10.6. The van der Waals surface area contributed by atoms with Gasteiger partial charge in [-0.3, -0.25) is 14.4 Å². The van der Waals surface area contributed by atoms with Gasteiger partial charge in [-0.2, -0.15) is 0 Å². The molecule has 0 fully saturated rings.